The molecule has 0 saturated carbocycles. The van der Waals surface area contributed by atoms with E-state index in [0.717, 1.165) is 0 Å². The Morgan fingerprint density at radius 2 is 1.09 bits per heavy atom. The van der Waals surface area contributed by atoms with Crippen LogP contribution in [-0.4, -0.2) is 0 Å². The monoisotopic (exact) mass is 468 g/mol. The van der Waals surface area contributed by atoms with Gasteiger partial charge in [0.25, 0.3) is 0 Å². The summed E-state index contributed by atoms with van der Waals surface area (Å²) in [6, 6.07) is 42.2. The Morgan fingerprint density at radius 1 is 0.486 bits per heavy atom. The van der Waals surface area contributed by atoms with Crippen LogP contribution in [0.1, 0.15) is 26.3 Å². The third kappa shape index (κ3) is 4.07. The van der Waals surface area contributed by atoms with Crippen molar-refractivity contribution in [2.75, 3.05) is 0 Å². The van der Waals surface area contributed by atoms with Gasteiger partial charge < -0.3 is 0 Å². The van der Waals surface area contributed by atoms with Crippen molar-refractivity contribution in [3.8, 4) is 33.4 Å². The minimum atomic E-state index is 0.0785. The first-order valence-electron chi connectivity index (χ1n) is 12.2. The predicted molar refractivity (Wildman–Crippen MR) is 154 cm³/mol. The highest BCUT2D eigenvalue weighted by Gasteiger charge is 2.17. The molecule has 0 radical (unpaired) electrons. The molecule has 0 spiro atoms. The highest BCUT2D eigenvalue weighted by Crippen LogP contribution is 2.40. The molecule has 0 atom stereocenters. The summed E-state index contributed by atoms with van der Waals surface area (Å²) in [4.78, 5) is 0. The Balaban J connectivity index is 1.46. The molecular formula is C34H28S. The van der Waals surface area contributed by atoms with Crippen LogP contribution >= 0.6 is 11.3 Å². The third-order valence-electron chi connectivity index (χ3n) is 6.84. The van der Waals surface area contributed by atoms with Crippen LogP contribution in [0.25, 0.3) is 53.6 Å². The number of hydrogen-bond acceptors (Lipinski definition) is 1. The van der Waals surface area contributed by atoms with Crippen LogP contribution in [0.2, 0.25) is 0 Å². The Hall–Kier alpha value is -3.68. The summed E-state index contributed by atoms with van der Waals surface area (Å²) in [5.41, 5.74) is 9.04. The van der Waals surface area contributed by atoms with Crippen molar-refractivity contribution in [1.29, 1.82) is 0 Å². The van der Waals surface area contributed by atoms with E-state index >= 15 is 0 Å². The molecule has 0 unspecified atom stereocenters. The minimum Gasteiger partial charge on any atom is -0.135 e. The molecule has 0 N–H and O–H groups in total. The van der Waals surface area contributed by atoms with Crippen molar-refractivity contribution >= 4 is 31.5 Å². The van der Waals surface area contributed by atoms with Crippen LogP contribution in [0, 0.1) is 0 Å². The van der Waals surface area contributed by atoms with Gasteiger partial charge >= 0.3 is 0 Å². The van der Waals surface area contributed by atoms with Crippen LogP contribution in [-0.2, 0) is 5.41 Å². The Bertz CT molecular complexity index is 1650. The molecular weight excluding hydrogens is 440 g/mol. The van der Waals surface area contributed by atoms with Gasteiger partial charge in [-0.1, -0.05) is 118 Å². The van der Waals surface area contributed by atoms with Crippen LogP contribution in [0.4, 0.5) is 0 Å². The van der Waals surface area contributed by atoms with Gasteiger partial charge in [0.05, 0.1) is 0 Å². The lowest BCUT2D eigenvalue weighted by Crippen LogP contribution is -2.11. The summed E-state index contributed by atoms with van der Waals surface area (Å²) in [6.45, 7) is 6.86. The van der Waals surface area contributed by atoms with Crippen molar-refractivity contribution in [1.82, 2.24) is 0 Å². The zero-order chi connectivity index (χ0) is 24.0. The van der Waals surface area contributed by atoms with Crippen molar-refractivity contribution in [3.63, 3.8) is 0 Å². The maximum atomic E-state index is 2.36. The molecule has 170 valence electrons. The predicted octanol–water partition coefficient (Wildman–Crippen LogP) is 10.4. The topological polar surface area (TPSA) is 0 Å². The molecule has 0 saturated heterocycles. The van der Waals surface area contributed by atoms with Crippen LogP contribution in [0.3, 0.4) is 0 Å². The van der Waals surface area contributed by atoms with E-state index in [9.17, 15) is 0 Å². The maximum Gasteiger partial charge on any atom is 0.0361 e. The van der Waals surface area contributed by atoms with E-state index in [-0.39, 0.29) is 5.41 Å². The highest BCUT2D eigenvalue weighted by molar-refractivity contribution is 7.25. The molecule has 0 fully saturated rings. The lowest BCUT2D eigenvalue weighted by Gasteiger charge is -2.22. The molecule has 6 rings (SSSR count). The summed E-state index contributed by atoms with van der Waals surface area (Å²) in [5.74, 6) is 0. The molecule has 5 aromatic carbocycles. The maximum absolute atomic E-state index is 2.36. The van der Waals surface area contributed by atoms with Gasteiger partial charge in [-0.3, -0.25) is 0 Å². The quantitative estimate of drug-likeness (QED) is 0.242. The van der Waals surface area contributed by atoms with E-state index in [1.165, 1.54) is 59.1 Å². The Morgan fingerprint density at radius 3 is 1.80 bits per heavy atom. The van der Waals surface area contributed by atoms with Crippen molar-refractivity contribution in [2.45, 2.75) is 26.2 Å². The van der Waals surface area contributed by atoms with Crippen LogP contribution in [0.15, 0.2) is 115 Å². The molecule has 35 heavy (non-hydrogen) atoms. The number of thiophene rings is 1. The van der Waals surface area contributed by atoms with E-state index in [4.69, 9.17) is 0 Å². The zero-order valence-electron chi connectivity index (χ0n) is 20.4. The van der Waals surface area contributed by atoms with E-state index < -0.39 is 0 Å². The molecule has 0 amide bonds. The smallest absolute Gasteiger partial charge is 0.0361 e. The first-order valence-corrected chi connectivity index (χ1v) is 13.0. The van der Waals surface area contributed by atoms with Gasteiger partial charge in [0.15, 0.2) is 0 Å². The fraction of sp³-hybridized carbons (Fsp3) is 0.118. The average molecular weight is 469 g/mol. The van der Waals surface area contributed by atoms with E-state index in [0.29, 0.717) is 0 Å². The second kappa shape index (κ2) is 8.52. The number of rotatable bonds is 3. The summed E-state index contributed by atoms with van der Waals surface area (Å²) in [7, 11) is 0. The molecule has 0 aliphatic rings. The molecule has 0 bridgehead atoms. The van der Waals surface area contributed by atoms with Crippen molar-refractivity contribution in [2.24, 2.45) is 0 Å². The van der Waals surface area contributed by atoms with E-state index in [1.54, 1.807) is 0 Å². The number of hydrogen-bond donors (Lipinski definition) is 0. The zero-order valence-corrected chi connectivity index (χ0v) is 21.2. The standard InChI is InChI=1S/C34H28S/c1-34(2,3)28-21-26(23-10-5-4-6-11-23)20-27(22-28)24-16-18-25(19-17-24)29-13-9-15-32-33(29)30-12-7-8-14-31(30)35-32/h4-22H,1-3H3. The summed E-state index contributed by atoms with van der Waals surface area (Å²) in [6.07, 6.45) is 0. The van der Waals surface area contributed by atoms with Gasteiger partial charge in [-0.05, 0) is 62.6 Å². The van der Waals surface area contributed by atoms with Crippen molar-refractivity contribution in [3.05, 3.63) is 121 Å². The lowest BCUT2D eigenvalue weighted by atomic mass is 9.83. The first kappa shape index (κ1) is 21.8. The Labute approximate surface area is 211 Å². The summed E-state index contributed by atoms with van der Waals surface area (Å²) >= 11 is 1.87. The van der Waals surface area contributed by atoms with Gasteiger partial charge in [-0.15, -0.1) is 11.3 Å². The molecule has 0 nitrogen and oxygen atoms in total. The third-order valence-corrected chi connectivity index (χ3v) is 7.97. The fourth-order valence-corrected chi connectivity index (χ4v) is 6.01. The highest BCUT2D eigenvalue weighted by atomic mass is 32.1. The second-order valence-electron chi connectivity index (χ2n) is 10.3. The van der Waals surface area contributed by atoms with Gasteiger partial charge in [-0.2, -0.15) is 0 Å². The van der Waals surface area contributed by atoms with Gasteiger partial charge in [0.2, 0.25) is 0 Å². The first-order chi connectivity index (χ1) is 17.0. The van der Waals surface area contributed by atoms with Gasteiger partial charge in [0.1, 0.15) is 0 Å². The largest absolute Gasteiger partial charge is 0.135 e. The summed E-state index contributed by atoms with van der Waals surface area (Å²) < 4.78 is 2.69. The van der Waals surface area contributed by atoms with Gasteiger partial charge in [0, 0.05) is 20.2 Å². The summed E-state index contributed by atoms with van der Waals surface area (Å²) in [5, 5.41) is 2.71. The fourth-order valence-electron chi connectivity index (χ4n) is 4.88. The number of benzene rings is 5. The minimum absolute atomic E-state index is 0.0785. The molecule has 6 aromatic rings. The molecule has 1 heterocycles. The lowest BCUT2D eigenvalue weighted by molar-refractivity contribution is 0.590. The normalized spacial score (nSPS) is 11.9. The van der Waals surface area contributed by atoms with E-state index in [2.05, 4.69) is 136 Å². The van der Waals surface area contributed by atoms with E-state index in [1.807, 2.05) is 11.3 Å². The number of fused-ring (bicyclic) bond motifs is 3. The molecule has 0 aliphatic carbocycles. The SMILES string of the molecule is CC(C)(C)c1cc(-c2ccccc2)cc(-c2ccc(-c3cccc4sc5ccccc5c34)cc2)c1. The van der Waals surface area contributed by atoms with Crippen LogP contribution < -0.4 is 0 Å². The molecule has 0 aliphatic heterocycles. The van der Waals surface area contributed by atoms with Crippen molar-refractivity contribution < 1.29 is 0 Å². The average Bonchev–Trinajstić information content (AvgIpc) is 3.27. The van der Waals surface area contributed by atoms with Gasteiger partial charge in [-0.25, -0.2) is 0 Å². The Kier molecular flexibility index (Phi) is 5.31. The molecule has 1 heteroatoms. The molecule has 1 aromatic heterocycles. The van der Waals surface area contributed by atoms with Crippen LogP contribution in [0.5, 0.6) is 0 Å². The second-order valence-corrected chi connectivity index (χ2v) is 11.4.